The predicted molar refractivity (Wildman–Crippen MR) is 119 cm³/mol. The van der Waals surface area contributed by atoms with Gasteiger partial charge in [0.1, 0.15) is 5.78 Å². The zero-order valence-electron chi connectivity index (χ0n) is 18.9. The first-order valence-electron chi connectivity index (χ1n) is 12.1. The summed E-state index contributed by atoms with van der Waals surface area (Å²) < 4.78 is 12.6. The third-order valence-corrected chi connectivity index (χ3v) is 10.2. The van der Waals surface area contributed by atoms with Crippen LogP contribution in [0.5, 0.6) is 0 Å². The maximum Gasteiger partial charge on any atom is 0.174 e. The van der Waals surface area contributed by atoms with Gasteiger partial charge in [-0.1, -0.05) is 37.6 Å². The topological polar surface area (TPSA) is 35.5 Å². The molecule has 0 unspecified atom stereocenters. The zero-order chi connectivity index (χ0) is 21.2. The Hall–Kier alpha value is -1.19. The highest BCUT2D eigenvalue weighted by molar-refractivity contribution is 5.90. The van der Waals surface area contributed by atoms with Gasteiger partial charge in [0.15, 0.2) is 5.79 Å². The van der Waals surface area contributed by atoms with Crippen LogP contribution in [0, 0.1) is 34.0 Å². The molecule has 1 heterocycles. The zero-order valence-corrected chi connectivity index (χ0v) is 18.9. The van der Waals surface area contributed by atoms with E-state index in [0.717, 1.165) is 45.3 Å². The van der Waals surface area contributed by atoms with Crippen molar-refractivity contribution in [3.05, 3.63) is 37.0 Å². The minimum atomic E-state index is -0.406. The fraction of sp³-hybridized carbons (Fsp3) is 0.741. The molecule has 5 aliphatic rings. The largest absolute Gasteiger partial charge is 0.347 e. The summed E-state index contributed by atoms with van der Waals surface area (Å²) in [6.45, 7) is 14.4. The van der Waals surface area contributed by atoms with Crippen LogP contribution in [0.2, 0.25) is 0 Å². The third-order valence-electron chi connectivity index (χ3n) is 10.2. The summed E-state index contributed by atoms with van der Waals surface area (Å²) in [4.78, 5) is 13.3. The van der Waals surface area contributed by atoms with Crippen molar-refractivity contribution in [2.45, 2.75) is 77.4 Å². The number of carbonyl (C=O) groups is 1. The highest BCUT2D eigenvalue weighted by Crippen LogP contribution is 2.70. The van der Waals surface area contributed by atoms with E-state index in [9.17, 15) is 4.79 Å². The van der Waals surface area contributed by atoms with Crippen molar-refractivity contribution in [2.75, 3.05) is 13.2 Å². The summed E-state index contributed by atoms with van der Waals surface area (Å²) in [6, 6.07) is 0. The molecule has 0 bridgehead atoms. The first-order valence-corrected chi connectivity index (χ1v) is 12.1. The quantitative estimate of drug-likeness (QED) is 0.532. The number of fused-ring (bicyclic) bond motifs is 6. The maximum absolute atomic E-state index is 13.3. The lowest BCUT2D eigenvalue weighted by Gasteiger charge is -2.61. The molecule has 0 aromatic heterocycles. The molecule has 1 aliphatic heterocycles. The lowest BCUT2D eigenvalue weighted by Crippen LogP contribution is -2.57. The molecule has 5 rings (SSSR count). The fourth-order valence-electron chi connectivity index (χ4n) is 8.83. The van der Waals surface area contributed by atoms with E-state index in [1.165, 1.54) is 24.8 Å². The van der Waals surface area contributed by atoms with E-state index in [1.54, 1.807) is 0 Å². The van der Waals surface area contributed by atoms with Crippen molar-refractivity contribution in [3.63, 3.8) is 0 Å². The summed E-state index contributed by atoms with van der Waals surface area (Å²) in [7, 11) is 0. The van der Waals surface area contributed by atoms with Gasteiger partial charge in [0.25, 0.3) is 0 Å². The van der Waals surface area contributed by atoms with Crippen LogP contribution in [0.15, 0.2) is 37.0 Å². The second-order valence-electron chi connectivity index (χ2n) is 11.1. The fourth-order valence-corrected chi connectivity index (χ4v) is 8.83. The monoisotopic (exact) mass is 410 g/mol. The minimum Gasteiger partial charge on any atom is -0.347 e. The standard InChI is InChI=1S/C27H38O3/c1-5-12-26(13-6-2)22-8-7-19-20(24(22,3)14-11-23(26)28)9-15-25(4)21(19)10-16-27(25)29-17-18-30-27/h5-6,8,19-21H,1-2,7,9-18H2,3-4H3/t19-,20+,21+,24-,25+/m1/s1. The molecule has 4 aliphatic carbocycles. The summed E-state index contributed by atoms with van der Waals surface area (Å²) >= 11 is 0. The van der Waals surface area contributed by atoms with Gasteiger partial charge in [-0.3, -0.25) is 4.79 Å². The van der Waals surface area contributed by atoms with Gasteiger partial charge >= 0.3 is 0 Å². The average molecular weight is 411 g/mol. The molecule has 3 heteroatoms. The Bertz CT molecular complexity index is 778. The first kappa shape index (κ1) is 20.7. The molecule has 30 heavy (non-hydrogen) atoms. The SMILES string of the molecule is C=CCC1(CC=C)C(=O)CC[C@@]2(C)C1=CC[C@@H]1[C@@H]2CC[C@@]2(C)[C@H]1CCC21OCCO1. The van der Waals surface area contributed by atoms with Crippen molar-refractivity contribution in [1.29, 1.82) is 0 Å². The summed E-state index contributed by atoms with van der Waals surface area (Å²) in [6.07, 6.45) is 15.3. The first-order chi connectivity index (χ1) is 14.4. The number of ketones is 1. The van der Waals surface area contributed by atoms with Crippen LogP contribution >= 0.6 is 0 Å². The summed E-state index contributed by atoms with van der Waals surface area (Å²) in [5.41, 5.74) is 1.24. The smallest absolute Gasteiger partial charge is 0.174 e. The van der Waals surface area contributed by atoms with Gasteiger partial charge in [-0.05, 0) is 68.1 Å². The summed E-state index contributed by atoms with van der Waals surface area (Å²) in [5, 5.41) is 0. The van der Waals surface area contributed by atoms with Gasteiger partial charge in [0.05, 0.1) is 18.6 Å². The van der Waals surface area contributed by atoms with Crippen LogP contribution in [0.25, 0.3) is 0 Å². The second-order valence-corrected chi connectivity index (χ2v) is 11.1. The molecule has 5 atom stereocenters. The number of hydrogen-bond acceptors (Lipinski definition) is 3. The molecule has 0 N–H and O–H groups in total. The van der Waals surface area contributed by atoms with E-state index in [-0.39, 0.29) is 16.6 Å². The number of allylic oxidation sites excluding steroid dienone is 4. The van der Waals surface area contributed by atoms with Crippen molar-refractivity contribution >= 4 is 5.78 Å². The molecule has 1 spiro atoms. The molecule has 3 saturated carbocycles. The summed E-state index contributed by atoms with van der Waals surface area (Å²) in [5.74, 6) is 2.02. The van der Waals surface area contributed by atoms with Crippen LogP contribution < -0.4 is 0 Å². The van der Waals surface area contributed by atoms with Crippen molar-refractivity contribution < 1.29 is 14.3 Å². The van der Waals surface area contributed by atoms with Gasteiger partial charge < -0.3 is 9.47 Å². The van der Waals surface area contributed by atoms with Crippen LogP contribution in [0.1, 0.15) is 71.6 Å². The molecular weight excluding hydrogens is 372 g/mol. The van der Waals surface area contributed by atoms with E-state index in [0.29, 0.717) is 30.0 Å². The van der Waals surface area contributed by atoms with Crippen molar-refractivity contribution in [3.8, 4) is 0 Å². The van der Waals surface area contributed by atoms with Gasteiger partial charge in [-0.15, -0.1) is 13.2 Å². The minimum absolute atomic E-state index is 0.108. The molecule has 0 aromatic carbocycles. The lowest BCUT2D eigenvalue weighted by molar-refractivity contribution is -0.242. The van der Waals surface area contributed by atoms with Crippen LogP contribution in [-0.4, -0.2) is 24.8 Å². The maximum atomic E-state index is 13.3. The van der Waals surface area contributed by atoms with Crippen LogP contribution in [-0.2, 0) is 14.3 Å². The van der Waals surface area contributed by atoms with Gasteiger partial charge in [0, 0.05) is 18.3 Å². The average Bonchev–Trinajstić information content (AvgIpc) is 3.32. The molecule has 3 nitrogen and oxygen atoms in total. The van der Waals surface area contributed by atoms with Crippen molar-refractivity contribution in [1.82, 2.24) is 0 Å². The Kier molecular flexibility index (Phi) is 4.76. The van der Waals surface area contributed by atoms with Crippen LogP contribution in [0.4, 0.5) is 0 Å². The molecular formula is C27H38O3. The number of hydrogen-bond donors (Lipinski definition) is 0. The van der Waals surface area contributed by atoms with E-state index < -0.39 is 5.41 Å². The molecule has 0 aromatic rings. The van der Waals surface area contributed by atoms with E-state index in [2.05, 4.69) is 33.1 Å². The van der Waals surface area contributed by atoms with Crippen molar-refractivity contribution in [2.24, 2.45) is 34.0 Å². The number of ether oxygens (including phenoxy) is 2. The molecule has 4 fully saturated rings. The molecule has 164 valence electrons. The number of rotatable bonds is 4. The lowest BCUT2D eigenvalue weighted by atomic mass is 9.43. The van der Waals surface area contributed by atoms with Crippen LogP contribution in [0.3, 0.4) is 0 Å². The molecule has 1 saturated heterocycles. The molecule has 0 amide bonds. The second kappa shape index (κ2) is 6.90. The Morgan fingerprint density at radius 3 is 2.37 bits per heavy atom. The highest BCUT2D eigenvalue weighted by Gasteiger charge is 2.67. The normalized spacial score (nSPS) is 43.5. The predicted octanol–water partition coefficient (Wildman–Crippen LogP) is 6.01. The third kappa shape index (κ3) is 2.43. The van der Waals surface area contributed by atoms with E-state index in [1.807, 2.05) is 12.2 Å². The van der Waals surface area contributed by atoms with E-state index in [4.69, 9.17) is 9.47 Å². The Labute approximate surface area is 182 Å². The highest BCUT2D eigenvalue weighted by atomic mass is 16.7. The van der Waals surface area contributed by atoms with Gasteiger partial charge in [-0.25, -0.2) is 0 Å². The molecule has 0 radical (unpaired) electrons. The van der Waals surface area contributed by atoms with Gasteiger partial charge in [0.2, 0.25) is 0 Å². The van der Waals surface area contributed by atoms with E-state index >= 15 is 0 Å². The number of Topliss-reactive ketones (excluding diaryl/α,β-unsaturated/α-hetero) is 1. The Morgan fingerprint density at radius 1 is 1.03 bits per heavy atom. The Balaban J connectivity index is 1.54. The number of carbonyl (C=O) groups excluding carboxylic acids is 1. The Morgan fingerprint density at radius 2 is 1.70 bits per heavy atom. The van der Waals surface area contributed by atoms with Gasteiger partial charge in [-0.2, -0.15) is 0 Å².